The normalized spacial score (nSPS) is 10.3. The summed E-state index contributed by atoms with van der Waals surface area (Å²) in [7, 11) is 0. The molecule has 0 aliphatic carbocycles. The SMILES string of the molecule is Cc1ccc(OCc2cc(C(N)=O)ccc2F)c(C)c1. The Labute approximate surface area is 117 Å². The van der Waals surface area contributed by atoms with Crippen LogP contribution in [0.25, 0.3) is 0 Å². The Morgan fingerprint density at radius 1 is 1.20 bits per heavy atom. The minimum atomic E-state index is -0.585. The quantitative estimate of drug-likeness (QED) is 0.930. The van der Waals surface area contributed by atoms with E-state index < -0.39 is 11.7 Å². The third-order valence-electron chi connectivity index (χ3n) is 3.04. The molecule has 20 heavy (non-hydrogen) atoms. The number of halogens is 1. The number of hydrogen-bond donors (Lipinski definition) is 1. The van der Waals surface area contributed by atoms with Gasteiger partial charge in [-0.05, 0) is 43.7 Å². The molecule has 0 unspecified atom stereocenters. The molecule has 0 aliphatic heterocycles. The molecule has 0 fully saturated rings. The molecule has 1 amide bonds. The lowest BCUT2D eigenvalue weighted by Crippen LogP contribution is -2.12. The maximum absolute atomic E-state index is 13.7. The largest absolute Gasteiger partial charge is 0.489 e. The van der Waals surface area contributed by atoms with Gasteiger partial charge in [-0.1, -0.05) is 17.7 Å². The van der Waals surface area contributed by atoms with Gasteiger partial charge in [0.2, 0.25) is 5.91 Å². The summed E-state index contributed by atoms with van der Waals surface area (Å²) in [4.78, 5) is 11.1. The monoisotopic (exact) mass is 273 g/mol. The first-order valence-corrected chi connectivity index (χ1v) is 6.25. The molecule has 4 heteroatoms. The number of aryl methyl sites for hydroxylation is 2. The van der Waals surface area contributed by atoms with E-state index in [2.05, 4.69) is 0 Å². The number of ether oxygens (including phenoxy) is 1. The number of nitrogens with two attached hydrogens (primary N) is 1. The molecule has 3 nitrogen and oxygen atoms in total. The average molecular weight is 273 g/mol. The average Bonchev–Trinajstić information content (AvgIpc) is 2.39. The van der Waals surface area contributed by atoms with Crippen LogP contribution in [-0.4, -0.2) is 5.91 Å². The second kappa shape index (κ2) is 5.74. The summed E-state index contributed by atoms with van der Waals surface area (Å²) in [6.07, 6.45) is 0. The van der Waals surface area contributed by atoms with Crippen molar-refractivity contribution in [3.05, 3.63) is 64.5 Å². The summed E-state index contributed by atoms with van der Waals surface area (Å²) in [5.41, 5.74) is 7.87. The van der Waals surface area contributed by atoms with E-state index in [9.17, 15) is 9.18 Å². The number of amides is 1. The molecule has 0 heterocycles. The summed E-state index contributed by atoms with van der Waals surface area (Å²) < 4.78 is 19.3. The molecule has 0 atom stereocenters. The van der Waals surface area contributed by atoms with Crippen molar-refractivity contribution in [3.63, 3.8) is 0 Å². The predicted octanol–water partition coefficient (Wildman–Crippen LogP) is 3.12. The molecule has 0 bridgehead atoms. The van der Waals surface area contributed by atoms with Gasteiger partial charge in [0.15, 0.2) is 0 Å². The van der Waals surface area contributed by atoms with Gasteiger partial charge in [-0.3, -0.25) is 4.79 Å². The van der Waals surface area contributed by atoms with Gasteiger partial charge in [-0.2, -0.15) is 0 Å². The third kappa shape index (κ3) is 3.15. The minimum absolute atomic E-state index is 0.0524. The van der Waals surface area contributed by atoms with Crippen molar-refractivity contribution in [2.45, 2.75) is 20.5 Å². The summed E-state index contributed by atoms with van der Waals surface area (Å²) >= 11 is 0. The Kier molecular flexibility index (Phi) is 4.03. The lowest BCUT2D eigenvalue weighted by Gasteiger charge is -2.11. The first kappa shape index (κ1) is 14.1. The van der Waals surface area contributed by atoms with Crippen LogP contribution < -0.4 is 10.5 Å². The van der Waals surface area contributed by atoms with Gasteiger partial charge in [0.25, 0.3) is 0 Å². The molecule has 104 valence electrons. The fraction of sp³-hybridized carbons (Fsp3) is 0.188. The van der Waals surface area contributed by atoms with Crippen LogP contribution in [-0.2, 0) is 6.61 Å². The Hall–Kier alpha value is -2.36. The third-order valence-corrected chi connectivity index (χ3v) is 3.04. The molecule has 0 spiro atoms. The van der Waals surface area contributed by atoms with Crippen LogP contribution in [0.2, 0.25) is 0 Å². The van der Waals surface area contributed by atoms with Gasteiger partial charge in [-0.25, -0.2) is 4.39 Å². The minimum Gasteiger partial charge on any atom is -0.489 e. The number of carbonyl (C=O) groups is 1. The Bertz CT molecular complexity index is 653. The molecule has 2 aromatic carbocycles. The molecule has 2 N–H and O–H groups in total. The van der Waals surface area contributed by atoms with Gasteiger partial charge in [0.1, 0.15) is 18.2 Å². The molecule has 2 aromatic rings. The van der Waals surface area contributed by atoms with Crippen molar-refractivity contribution in [3.8, 4) is 5.75 Å². The number of benzene rings is 2. The van der Waals surface area contributed by atoms with E-state index in [-0.39, 0.29) is 12.2 Å². The highest BCUT2D eigenvalue weighted by atomic mass is 19.1. The smallest absolute Gasteiger partial charge is 0.248 e. The van der Waals surface area contributed by atoms with Crippen LogP contribution in [0.3, 0.4) is 0 Å². The Morgan fingerprint density at radius 3 is 2.60 bits per heavy atom. The molecular weight excluding hydrogens is 257 g/mol. The van der Waals surface area contributed by atoms with Crippen LogP contribution in [0.1, 0.15) is 27.0 Å². The fourth-order valence-electron chi connectivity index (χ4n) is 1.96. The maximum atomic E-state index is 13.7. The van der Waals surface area contributed by atoms with Gasteiger partial charge in [0, 0.05) is 11.1 Å². The molecule has 0 aliphatic rings. The molecule has 0 saturated carbocycles. The second-order valence-corrected chi connectivity index (χ2v) is 4.73. The standard InChI is InChI=1S/C16H16FNO2/c1-10-3-6-15(11(2)7-10)20-9-13-8-12(16(18)19)4-5-14(13)17/h3-8H,9H2,1-2H3,(H2,18,19). The summed E-state index contributed by atoms with van der Waals surface area (Å²) in [5, 5.41) is 0. The van der Waals surface area contributed by atoms with Crippen LogP contribution in [0.5, 0.6) is 5.75 Å². The Morgan fingerprint density at radius 2 is 1.95 bits per heavy atom. The van der Waals surface area contributed by atoms with E-state index in [1.807, 2.05) is 32.0 Å². The molecule has 0 aromatic heterocycles. The van der Waals surface area contributed by atoms with Crippen LogP contribution in [0.4, 0.5) is 4.39 Å². The summed E-state index contributed by atoms with van der Waals surface area (Å²) in [6, 6.07) is 9.77. The second-order valence-electron chi connectivity index (χ2n) is 4.73. The molecule has 0 saturated heterocycles. The van der Waals surface area contributed by atoms with Crippen LogP contribution >= 0.6 is 0 Å². The van der Waals surface area contributed by atoms with Crippen molar-refractivity contribution in [2.75, 3.05) is 0 Å². The highest BCUT2D eigenvalue weighted by Crippen LogP contribution is 2.21. The van der Waals surface area contributed by atoms with Crippen LogP contribution in [0.15, 0.2) is 36.4 Å². The number of hydrogen-bond acceptors (Lipinski definition) is 2. The van der Waals surface area contributed by atoms with E-state index in [0.29, 0.717) is 11.3 Å². The maximum Gasteiger partial charge on any atom is 0.248 e. The van der Waals surface area contributed by atoms with Crippen molar-refractivity contribution >= 4 is 5.91 Å². The highest BCUT2D eigenvalue weighted by molar-refractivity contribution is 5.92. The fourth-order valence-corrected chi connectivity index (χ4v) is 1.96. The molecule has 0 radical (unpaired) electrons. The lowest BCUT2D eigenvalue weighted by molar-refractivity contribution is 0.1000. The number of carbonyl (C=O) groups excluding carboxylic acids is 1. The predicted molar refractivity (Wildman–Crippen MR) is 75.2 cm³/mol. The highest BCUT2D eigenvalue weighted by Gasteiger charge is 2.08. The van der Waals surface area contributed by atoms with E-state index in [1.165, 1.54) is 18.2 Å². The van der Waals surface area contributed by atoms with Crippen molar-refractivity contribution in [1.82, 2.24) is 0 Å². The first-order valence-electron chi connectivity index (χ1n) is 6.25. The lowest BCUT2D eigenvalue weighted by atomic mass is 10.1. The van der Waals surface area contributed by atoms with Gasteiger partial charge >= 0.3 is 0 Å². The van der Waals surface area contributed by atoms with E-state index in [4.69, 9.17) is 10.5 Å². The number of primary amides is 1. The van der Waals surface area contributed by atoms with Crippen molar-refractivity contribution in [1.29, 1.82) is 0 Å². The topological polar surface area (TPSA) is 52.3 Å². The Balaban J connectivity index is 2.18. The summed E-state index contributed by atoms with van der Waals surface area (Å²) in [6.45, 7) is 3.97. The zero-order valence-electron chi connectivity index (χ0n) is 11.4. The number of rotatable bonds is 4. The van der Waals surface area contributed by atoms with Gasteiger partial charge < -0.3 is 10.5 Å². The zero-order valence-corrected chi connectivity index (χ0v) is 11.4. The summed E-state index contributed by atoms with van der Waals surface area (Å²) in [5.74, 6) is -0.308. The van der Waals surface area contributed by atoms with E-state index in [1.54, 1.807) is 0 Å². The first-order chi connectivity index (χ1) is 9.47. The zero-order chi connectivity index (χ0) is 14.7. The van der Waals surface area contributed by atoms with Gasteiger partial charge in [-0.15, -0.1) is 0 Å². The van der Waals surface area contributed by atoms with E-state index >= 15 is 0 Å². The van der Waals surface area contributed by atoms with Crippen LogP contribution in [0, 0.1) is 19.7 Å². The molecule has 2 rings (SSSR count). The van der Waals surface area contributed by atoms with Gasteiger partial charge in [0.05, 0.1) is 0 Å². The van der Waals surface area contributed by atoms with E-state index in [0.717, 1.165) is 11.1 Å². The van der Waals surface area contributed by atoms with Crippen molar-refractivity contribution in [2.24, 2.45) is 5.73 Å². The molecular formula is C16H16FNO2. The van der Waals surface area contributed by atoms with Crippen molar-refractivity contribution < 1.29 is 13.9 Å².